The lowest BCUT2D eigenvalue weighted by Gasteiger charge is -2.06. The van der Waals surface area contributed by atoms with Crippen LogP contribution in [0.25, 0.3) is 6.08 Å². The molecule has 3 aromatic carbocycles. The van der Waals surface area contributed by atoms with E-state index in [0.717, 1.165) is 16.9 Å². The summed E-state index contributed by atoms with van der Waals surface area (Å²) in [5, 5.41) is 9.95. The highest BCUT2D eigenvalue weighted by Crippen LogP contribution is 2.17. The van der Waals surface area contributed by atoms with Crippen LogP contribution >= 0.6 is 11.6 Å². The van der Waals surface area contributed by atoms with Crippen molar-refractivity contribution < 1.29 is 14.6 Å². The summed E-state index contributed by atoms with van der Waals surface area (Å²) in [5.41, 5.74) is 2.47. The molecular weight excluding hydrogens is 348 g/mol. The number of carbonyl (C=O) groups excluding carboxylic acids is 1. The number of ketones is 1. The van der Waals surface area contributed by atoms with Gasteiger partial charge in [0.05, 0.1) is 0 Å². The minimum atomic E-state index is -0.118. The predicted molar refractivity (Wildman–Crippen MR) is 104 cm³/mol. The zero-order valence-corrected chi connectivity index (χ0v) is 14.7. The van der Waals surface area contributed by atoms with Crippen LogP contribution in [0.4, 0.5) is 0 Å². The maximum atomic E-state index is 12.1. The lowest BCUT2D eigenvalue weighted by atomic mass is 10.1. The van der Waals surface area contributed by atoms with Crippen LogP contribution in [0, 0.1) is 0 Å². The number of carbonyl (C=O) groups is 1. The highest BCUT2D eigenvalue weighted by Gasteiger charge is 2.01. The monoisotopic (exact) mass is 364 g/mol. The van der Waals surface area contributed by atoms with E-state index in [1.54, 1.807) is 18.2 Å². The Morgan fingerprint density at radius 3 is 2.23 bits per heavy atom. The third-order valence-electron chi connectivity index (χ3n) is 3.78. The zero-order valence-electron chi connectivity index (χ0n) is 13.9. The van der Waals surface area contributed by atoms with Gasteiger partial charge in [0.25, 0.3) is 0 Å². The Bertz CT molecular complexity index is 896. The van der Waals surface area contributed by atoms with Gasteiger partial charge in [-0.1, -0.05) is 41.9 Å². The second-order valence-corrected chi connectivity index (χ2v) is 6.17. The molecule has 0 saturated heterocycles. The van der Waals surface area contributed by atoms with Gasteiger partial charge in [0, 0.05) is 10.6 Å². The topological polar surface area (TPSA) is 46.5 Å². The van der Waals surface area contributed by atoms with Crippen LogP contribution in [0.2, 0.25) is 5.02 Å². The van der Waals surface area contributed by atoms with E-state index in [1.807, 2.05) is 48.5 Å². The van der Waals surface area contributed by atoms with Crippen LogP contribution in [0.15, 0.2) is 78.9 Å². The van der Waals surface area contributed by atoms with Crippen LogP contribution in [0.5, 0.6) is 11.5 Å². The number of benzene rings is 3. The van der Waals surface area contributed by atoms with Crippen molar-refractivity contribution in [2.45, 2.75) is 6.61 Å². The van der Waals surface area contributed by atoms with E-state index in [-0.39, 0.29) is 11.5 Å². The quantitative estimate of drug-likeness (QED) is 0.462. The van der Waals surface area contributed by atoms with Gasteiger partial charge in [0.2, 0.25) is 0 Å². The molecule has 3 aromatic rings. The molecule has 130 valence electrons. The highest BCUT2D eigenvalue weighted by molar-refractivity contribution is 6.30. The van der Waals surface area contributed by atoms with Gasteiger partial charge < -0.3 is 9.84 Å². The second kappa shape index (κ2) is 8.37. The van der Waals surface area contributed by atoms with Gasteiger partial charge in [-0.05, 0) is 65.7 Å². The summed E-state index contributed by atoms with van der Waals surface area (Å²) in [6.45, 7) is 0.464. The van der Waals surface area contributed by atoms with E-state index in [0.29, 0.717) is 17.2 Å². The molecule has 0 fully saturated rings. The average Bonchev–Trinajstić information content (AvgIpc) is 2.67. The van der Waals surface area contributed by atoms with Crippen molar-refractivity contribution in [3.8, 4) is 11.5 Å². The molecule has 0 atom stereocenters. The molecule has 0 heterocycles. The number of hydrogen-bond donors (Lipinski definition) is 1. The van der Waals surface area contributed by atoms with Crippen molar-refractivity contribution in [2.24, 2.45) is 0 Å². The number of phenolic OH excluding ortho intramolecular Hbond substituents is 1. The smallest absolute Gasteiger partial charge is 0.185 e. The Labute approximate surface area is 157 Å². The van der Waals surface area contributed by atoms with Crippen molar-refractivity contribution in [2.75, 3.05) is 0 Å². The van der Waals surface area contributed by atoms with E-state index in [9.17, 15) is 9.90 Å². The Morgan fingerprint density at radius 2 is 1.58 bits per heavy atom. The fourth-order valence-corrected chi connectivity index (χ4v) is 2.44. The summed E-state index contributed by atoms with van der Waals surface area (Å²) >= 11 is 5.86. The lowest BCUT2D eigenvalue weighted by molar-refractivity contribution is 0.104. The van der Waals surface area contributed by atoms with Crippen molar-refractivity contribution >= 4 is 23.5 Å². The molecule has 0 radical (unpaired) electrons. The van der Waals surface area contributed by atoms with E-state index in [1.165, 1.54) is 18.2 Å². The maximum absolute atomic E-state index is 12.1. The first-order chi connectivity index (χ1) is 12.6. The molecule has 0 unspecified atom stereocenters. The van der Waals surface area contributed by atoms with Crippen LogP contribution in [-0.4, -0.2) is 10.9 Å². The molecule has 0 aliphatic rings. The maximum Gasteiger partial charge on any atom is 0.185 e. The van der Waals surface area contributed by atoms with E-state index < -0.39 is 0 Å². The third-order valence-corrected chi connectivity index (χ3v) is 4.03. The lowest BCUT2D eigenvalue weighted by Crippen LogP contribution is -1.95. The number of phenols is 1. The summed E-state index contributed by atoms with van der Waals surface area (Å²) in [6, 6.07) is 21.2. The Morgan fingerprint density at radius 1 is 0.923 bits per heavy atom. The van der Waals surface area contributed by atoms with Gasteiger partial charge >= 0.3 is 0 Å². The van der Waals surface area contributed by atoms with Gasteiger partial charge in [0.15, 0.2) is 5.78 Å². The Kier molecular flexibility index (Phi) is 5.72. The molecule has 26 heavy (non-hydrogen) atoms. The van der Waals surface area contributed by atoms with E-state index in [4.69, 9.17) is 16.3 Å². The molecule has 0 aliphatic heterocycles. The van der Waals surface area contributed by atoms with Crippen molar-refractivity contribution in [1.82, 2.24) is 0 Å². The summed E-state index contributed by atoms with van der Waals surface area (Å²) in [5.74, 6) is 0.773. The minimum absolute atomic E-state index is 0.118. The number of allylic oxidation sites excluding steroid dienone is 1. The molecule has 4 heteroatoms. The Balaban J connectivity index is 1.57. The van der Waals surface area contributed by atoms with Gasteiger partial charge in [-0.25, -0.2) is 0 Å². The first-order valence-electron chi connectivity index (χ1n) is 8.09. The largest absolute Gasteiger partial charge is 0.508 e. The van der Waals surface area contributed by atoms with Gasteiger partial charge in [-0.15, -0.1) is 0 Å². The van der Waals surface area contributed by atoms with Gasteiger partial charge in [-0.2, -0.15) is 0 Å². The van der Waals surface area contributed by atoms with Crippen molar-refractivity contribution in [1.29, 1.82) is 0 Å². The number of aromatic hydroxyl groups is 1. The molecular formula is C22H17ClO3. The zero-order chi connectivity index (χ0) is 18.4. The normalized spacial score (nSPS) is 10.8. The van der Waals surface area contributed by atoms with E-state index >= 15 is 0 Å². The molecule has 1 N–H and O–H groups in total. The number of hydrogen-bond acceptors (Lipinski definition) is 3. The highest BCUT2D eigenvalue weighted by atomic mass is 35.5. The summed E-state index contributed by atoms with van der Waals surface area (Å²) in [6.07, 6.45) is 3.26. The van der Waals surface area contributed by atoms with Gasteiger partial charge in [0.1, 0.15) is 18.1 Å². The van der Waals surface area contributed by atoms with Crippen LogP contribution in [0.1, 0.15) is 21.5 Å². The molecule has 3 rings (SSSR count). The van der Waals surface area contributed by atoms with E-state index in [2.05, 4.69) is 0 Å². The average molecular weight is 365 g/mol. The molecule has 0 aliphatic carbocycles. The predicted octanol–water partition coefficient (Wildman–Crippen LogP) is 5.52. The Hall–Kier alpha value is -3.04. The van der Waals surface area contributed by atoms with Crippen molar-refractivity contribution in [3.05, 3.63) is 101 Å². The number of rotatable bonds is 6. The first kappa shape index (κ1) is 17.8. The van der Waals surface area contributed by atoms with Crippen LogP contribution < -0.4 is 4.74 Å². The van der Waals surface area contributed by atoms with Crippen LogP contribution in [0.3, 0.4) is 0 Å². The molecule has 0 spiro atoms. The first-order valence-corrected chi connectivity index (χ1v) is 8.47. The number of halogens is 1. The molecule has 0 aromatic heterocycles. The molecule has 0 saturated carbocycles. The summed E-state index contributed by atoms with van der Waals surface area (Å²) in [4.78, 5) is 12.1. The van der Waals surface area contributed by atoms with Crippen LogP contribution in [-0.2, 0) is 6.61 Å². The van der Waals surface area contributed by atoms with Gasteiger partial charge in [-0.3, -0.25) is 4.79 Å². The fourth-order valence-electron chi connectivity index (χ4n) is 2.32. The fraction of sp³-hybridized carbons (Fsp3) is 0.0455. The summed E-state index contributed by atoms with van der Waals surface area (Å²) in [7, 11) is 0. The molecule has 0 amide bonds. The standard InChI is InChI=1S/C22H17ClO3/c23-19-8-1-17(2-9-19)15-26-21-12-3-16(4-13-21)5-14-22(25)18-6-10-20(24)11-7-18/h1-14,24H,15H2/b14-5+. The van der Waals surface area contributed by atoms with Crippen molar-refractivity contribution in [3.63, 3.8) is 0 Å². The molecule has 0 bridgehead atoms. The minimum Gasteiger partial charge on any atom is -0.508 e. The second-order valence-electron chi connectivity index (χ2n) is 5.73. The SMILES string of the molecule is O=C(/C=C/c1ccc(OCc2ccc(Cl)cc2)cc1)c1ccc(O)cc1. The third kappa shape index (κ3) is 4.98. The summed E-state index contributed by atoms with van der Waals surface area (Å²) < 4.78 is 5.74. The number of ether oxygens (including phenoxy) is 1. The molecule has 3 nitrogen and oxygen atoms in total.